The fraction of sp³-hybridized carbons (Fsp3) is 0.600. The minimum absolute atomic E-state index is 0.235. The maximum absolute atomic E-state index is 9.82. The number of aryl methyl sites for hydroxylation is 1. The van der Waals surface area contributed by atoms with Crippen molar-refractivity contribution in [2.45, 2.75) is 39.2 Å². The Bertz CT molecular complexity index is 387. The third-order valence-corrected chi connectivity index (χ3v) is 3.31. The SMILES string of the molecule is CC(C)C(O)CCc1ccc2c(c1)OCCCO2. The second-order valence-electron chi connectivity index (χ2n) is 5.18. The van der Waals surface area contributed by atoms with Gasteiger partial charge in [0.1, 0.15) is 0 Å². The van der Waals surface area contributed by atoms with Crippen molar-refractivity contribution in [3.05, 3.63) is 23.8 Å². The Morgan fingerprint density at radius 2 is 1.89 bits per heavy atom. The third-order valence-electron chi connectivity index (χ3n) is 3.31. The van der Waals surface area contributed by atoms with Crippen LogP contribution in [0.2, 0.25) is 0 Å². The second kappa shape index (κ2) is 6.10. The number of hydrogen-bond acceptors (Lipinski definition) is 3. The largest absolute Gasteiger partial charge is 0.490 e. The van der Waals surface area contributed by atoms with Crippen LogP contribution in [0.3, 0.4) is 0 Å². The monoisotopic (exact) mass is 250 g/mol. The van der Waals surface area contributed by atoms with E-state index in [1.54, 1.807) is 0 Å². The molecule has 3 heteroatoms. The van der Waals surface area contributed by atoms with Gasteiger partial charge < -0.3 is 14.6 Å². The molecule has 1 aromatic carbocycles. The van der Waals surface area contributed by atoms with Crippen LogP contribution in [-0.4, -0.2) is 24.4 Å². The van der Waals surface area contributed by atoms with E-state index < -0.39 is 0 Å². The van der Waals surface area contributed by atoms with Crippen molar-refractivity contribution in [1.29, 1.82) is 0 Å². The molecular weight excluding hydrogens is 228 g/mol. The topological polar surface area (TPSA) is 38.7 Å². The summed E-state index contributed by atoms with van der Waals surface area (Å²) in [6.07, 6.45) is 2.35. The van der Waals surface area contributed by atoms with Crippen LogP contribution in [0.4, 0.5) is 0 Å². The Morgan fingerprint density at radius 3 is 2.61 bits per heavy atom. The van der Waals surface area contributed by atoms with Gasteiger partial charge in [-0.25, -0.2) is 0 Å². The molecule has 0 bridgehead atoms. The van der Waals surface area contributed by atoms with Crippen molar-refractivity contribution in [3.63, 3.8) is 0 Å². The van der Waals surface area contributed by atoms with Gasteiger partial charge in [0.15, 0.2) is 11.5 Å². The quantitative estimate of drug-likeness (QED) is 0.893. The van der Waals surface area contributed by atoms with Crippen LogP contribution in [0.15, 0.2) is 18.2 Å². The third kappa shape index (κ3) is 3.39. The molecule has 1 aliphatic heterocycles. The van der Waals surface area contributed by atoms with E-state index in [9.17, 15) is 5.11 Å². The number of benzene rings is 1. The predicted molar refractivity (Wildman–Crippen MR) is 71.2 cm³/mol. The summed E-state index contributed by atoms with van der Waals surface area (Å²) in [5, 5.41) is 9.82. The summed E-state index contributed by atoms with van der Waals surface area (Å²) in [7, 11) is 0. The first-order valence-corrected chi connectivity index (χ1v) is 6.73. The van der Waals surface area contributed by atoms with Gasteiger partial charge in [0.2, 0.25) is 0 Å². The van der Waals surface area contributed by atoms with Gasteiger partial charge in [-0.1, -0.05) is 19.9 Å². The summed E-state index contributed by atoms with van der Waals surface area (Å²) in [6.45, 7) is 5.51. The van der Waals surface area contributed by atoms with Gasteiger partial charge in [-0.3, -0.25) is 0 Å². The van der Waals surface area contributed by atoms with E-state index in [0.717, 1.165) is 37.4 Å². The van der Waals surface area contributed by atoms with Crippen molar-refractivity contribution in [3.8, 4) is 11.5 Å². The highest BCUT2D eigenvalue weighted by molar-refractivity contribution is 5.43. The second-order valence-corrected chi connectivity index (χ2v) is 5.18. The molecule has 1 unspecified atom stereocenters. The fourth-order valence-corrected chi connectivity index (χ4v) is 2.01. The molecule has 1 N–H and O–H groups in total. The maximum Gasteiger partial charge on any atom is 0.161 e. The molecule has 0 saturated carbocycles. The van der Waals surface area contributed by atoms with Crippen molar-refractivity contribution < 1.29 is 14.6 Å². The Hall–Kier alpha value is -1.22. The Balaban J connectivity index is 2.00. The van der Waals surface area contributed by atoms with Crippen LogP contribution in [-0.2, 0) is 6.42 Å². The normalized spacial score (nSPS) is 16.4. The zero-order chi connectivity index (χ0) is 13.0. The molecular formula is C15H22O3. The van der Waals surface area contributed by atoms with Crippen LogP contribution >= 0.6 is 0 Å². The number of aliphatic hydroxyl groups excluding tert-OH is 1. The molecule has 1 atom stereocenters. The zero-order valence-electron chi connectivity index (χ0n) is 11.2. The summed E-state index contributed by atoms with van der Waals surface area (Å²) in [6, 6.07) is 6.06. The molecule has 1 heterocycles. The van der Waals surface area contributed by atoms with E-state index in [2.05, 4.69) is 6.07 Å². The van der Waals surface area contributed by atoms with E-state index in [1.165, 1.54) is 5.56 Å². The van der Waals surface area contributed by atoms with E-state index in [4.69, 9.17) is 9.47 Å². The van der Waals surface area contributed by atoms with Crippen molar-refractivity contribution >= 4 is 0 Å². The van der Waals surface area contributed by atoms with Crippen LogP contribution < -0.4 is 9.47 Å². The lowest BCUT2D eigenvalue weighted by atomic mass is 9.99. The first-order valence-electron chi connectivity index (χ1n) is 6.73. The van der Waals surface area contributed by atoms with E-state index in [0.29, 0.717) is 12.5 Å². The van der Waals surface area contributed by atoms with Crippen LogP contribution in [0.5, 0.6) is 11.5 Å². The molecule has 0 aromatic heterocycles. The van der Waals surface area contributed by atoms with Crippen LogP contribution in [0, 0.1) is 5.92 Å². The lowest BCUT2D eigenvalue weighted by Gasteiger charge is -2.14. The van der Waals surface area contributed by atoms with Gasteiger partial charge in [0.25, 0.3) is 0 Å². The highest BCUT2D eigenvalue weighted by atomic mass is 16.5. The number of rotatable bonds is 4. The molecule has 0 amide bonds. The Kier molecular flexibility index (Phi) is 4.48. The van der Waals surface area contributed by atoms with Gasteiger partial charge in [0.05, 0.1) is 19.3 Å². The Morgan fingerprint density at radius 1 is 1.17 bits per heavy atom. The number of aliphatic hydroxyl groups is 1. The molecule has 1 aliphatic rings. The highest BCUT2D eigenvalue weighted by Gasteiger charge is 2.12. The smallest absolute Gasteiger partial charge is 0.161 e. The molecule has 2 rings (SSSR count). The van der Waals surface area contributed by atoms with Gasteiger partial charge >= 0.3 is 0 Å². The van der Waals surface area contributed by atoms with Crippen molar-refractivity contribution in [1.82, 2.24) is 0 Å². The number of fused-ring (bicyclic) bond motifs is 1. The van der Waals surface area contributed by atoms with Crippen LogP contribution in [0.25, 0.3) is 0 Å². The minimum atomic E-state index is -0.235. The zero-order valence-corrected chi connectivity index (χ0v) is 11.2. The highest BCUT2D eigenvalue weighted by Crippen LogP contribution is 2.30. The lowest BCUT2D eigenvalue weighted by Crippen LogP contribution is -2.15. The lowest BCUT2D eigenvalue weighted by molar-refractivity contribution is 0.116. The molecule has 0 aliphatic carbocycles. The average Bonchev–Trinajstić information content (AvgIpc) is 2.60. The summed E-state index contributed by atoms with van der Waals surface area (Å²) < 4.78 is 11.2. The van der Waals surface area contributed by atoms with Crippen LogP contribution in [0.1, 0.15) is 32.3 Å². The van der Waals surface area contributed by atoms with E-state index >= 15 is 0 Å². The van der Waals surface area contributed by atoms with Gasteiger partial charge in [-0.05, 0) is 36.5 Å². The molecule has 0 spiro atoms. The minimum Gasteiger partial charge on any atom is -0.490 e. The standard InChI is InChI=1S/C15H22O3/c1-11(2)13(16)6-4-12-5-7-14-15(10-12)18-9-3-8-17-14/h5,7,10-11,13,16H,3-4,6,8-9H2,1-2H3. The first kappa shape index (κ1) is 13.2. The molecule has 3 nitrogen and oxygen atoms in total. The average molecular weight is 250 g/mol. The number of ether oxygens (including phenoxy) is 2. The van der Waals surface area contributed by atoms with Gasteiger partial charge in [-0.15, -0.1) is 0 Å². The van der Waals surface area contributed by atoms with E-state index in [-0.39, 0.29) is 6.10 Å². The molecule has 0 radical (unpaired) electrons. The molecule has 18 heavy (non-hydrogen) atoms. The molecule has 0 fully saturated rings. The molecule has 100 valence electrons. The molecule has 1 aromatic rings. The summed E-state index contributed by atoms with van der Waals surface area (Å²) in [5.74, 6) is 1.98. The Labute approximate surface area is 109 Å². The maximum atomic E-state index is 9.82. The molecule has 0 saturated heterocycles. The number of hydrogen-bond donors (Lipinski definition) is 1. The van der Waals surface area contributed by atoms with Gasteiger partial charge in [-0.2, -0.15) is 0 Å². The van der Waals surface area contributed by atoms with Crippen molar-refractivity contribution in [2.24, 2.45) is 5.92 Å². The predicted octanol–water partition coefficient (Wildman–Crippen LogP) is 2.80. The van der Waals surface area contributed by atoms with E-state index in [1.807, 2.05) is 26.0 Å². The first-order chi connectivity index (χ1) is 8.66. The summed E-state index contributed by atoms with van der Waals surface area (Å²) in [5.41, 5.74) is 1.19. The van der Waals surface area contributed by atoms with Gasteiger partial charge in [0, 0.05) is 6.42 Å². The van der Waals surface area contributed by atoms with Crippen molar-refractivity contribution in [2.75, 3.05) is 13.2 Å². The summed E-state index contributed by atoms with van der Waals surface area (Å²) in [4.78, 5) is 0. The summed E-state index contributed by atoms with van der Waals surface area (Å²) >= 11 is 0. The fourth-order valence-electron chi connectivity index (χ4n) is 2.01.